The topological polar surface area (TPSA) is 80.4 Å². The van der Waals surface area contributed by atoms with Crippen molar-refractivity contribution in [2.24, 2.45) is 5.73 Å². The second-order valence-corrected chi connectivity index (χ2v) is 4.71. The monoisotopic (exact) mass is 319 g/mol. The molecule has 0 aliphatic rings. The molecule has 0 radical (unpaired) electrons. The Labute approximate surface area is 118 Å². The maximum Gasteiger partial charge on any atom is 0.336 e. The average molecular weight is 320 g/mol. The van der Waals surface area contributed by atoms with Crippen LogP contribution in [-0.2, 0) is 0 Å². The number of primary amides is 1. The summed E-state index contributed by atoms with van der Waals surface area (Å²) >= 11 is 3.29. The summed E-state index contributed by atoms with van der Waals surface area (Å²) in [4.78, 5) is 22.1. The fourth-order valence-electron chi connectivity index (χ4n) is 1.73. The molecule has 19 heavy (non-hydrogen) atoms. The first-order valence-corrected chi connectivity index (χ1v) is 6.22. The normalized spacial score (nSPS) is 10.2. The van der Waals surface area contributed by atoms with E-state index in [2.05, 4.69) is 15.9 Å². The van der Waals surface area contributed by atoms with Crippen molar-refractivity contribution in [2.45, 2.75) is 0 Å². The number of hydrogen-bond donors (Lipinski definition) is 2. The highest BCUT2D eigenvalue weighted by Crippen LogP contribution is 2.31. The molecular formula is C14H10BrNO3. The van der Waals surface area contributed by atoms with Gasteiger partial charge in [-0.3, -0.25) is 4.79 Å². The van der Waals surface area contributed by atoms with E-state index in [1.54, 1.807) is 36.4 Å². The summed E-state index contributed by atoms with van der Waals surface area (Å²) in [5, 5.41) is 9.06. The molecule has 2 aromatic carbocycles. The van der Waals surface area contributed by atoms with Crippen molar-refractivity contribution in [1.82, 2.24) is 0 Å². The molecular weight excluding hydrogens is 310 g/mol. The minimum atomic E-state index is -0.998. The second kappa shape index (κ2) is 5.24. The highest BCUT2D eigenvalue weighted by atomic mass is 79.9. The molecule has 0 atom stereocenters. The smallest absolute Gasteiger partial charge is 0.336 e. The maximum absolute atomic E-state index is 11.1. The molecule has 1 amide bonds. The Morgan fingerprint density at radius 3 is 2.21 bits per heavy atom. The Kier molecular flexibility index (Phi) is 3.66. The predicted octanol–water partition coefficient (Wildman–Crippen LogP) is 2.91. The van der Waals surface area contributed by atoms with Crippen molar-refractivity contribution < 1.29 is 14.7 Å². The molecule has 0 aromatic heterocycles. The first kappa shape index (κ1) is 13.3. The first-order valence-electron chi connectivity index (χ1n) is 5.42. The van der Waals surface area contributed by atoms with Gasteiger partial charge in [0.1, 0.15) is 0 Å². The maximum atomic E-state index is 11.1. The Hall–Kier alpha value is -2.14. The lowest BCUT2D eigenvalue weighted by Crippen LogP contribution is -2.10. The molecule has 0 unspecified atom stereocenters. The minimum Gasteiger partial charge on any atom is -0.478 e. The van der Waals surface area contributed by atoms with Crippen LogP contribution in [0.2, 0.25) is 0 Å². The number of aromatic carboxylic acids is 1. The van der Waals surface area contributed by atoms with E-state index in [1.807, 2.05) is 0 Å². The van der Waals surface area contributed by atoms with Gasteiger partial charge in [-0.05, 0) is 45.3 Å². The molecule has 2 aromatic rings. The Bertz CT molecular complexity index is 650. The van der Waals surface area contributed by atoms with Gasteiger partial charge < -0.3 is 10.8 Å². The molecule has 0 fully saturated rings. The van der Waals surface area contributed by atoms with Gasteiger partial charge in [0.05, 0.1) is 5.56 Å². The van der Waals surface area contributed by atoms with E-state index in [9.17, 15) is 9.59 Å². The zero-order valence-corrected chi connectivity index (χ0v) is 11.3. The number of nitrogens with two attached hydrogens (primary N) is 1. The first-order chi connectivity index (χ1) is 9.00. The Morgan fingerprint density at radius 1 is 1.05 bits per heavy atom. The van der Waals surface area contributed by atoms with Crippen molar-refractivity contribution in [3.05, 3.63) is 58.1 Å². The molecule has 0 aliphatic carbocycles. The molecule has 0 aliphatic heterocycles. The fourth-order valence-corrected chi connectivity index (χ4v) is 2.40. The zero-order chi connectivity index (χ0) is 14.0. The summed E-state index contributed by atoms with van der Waals surface area (Å²) in [7, 11) is 0. The van der Waals surface area contributed by atoms with Gasteiger partial charge in [-0.15, -0.1) is 0 Å². The Balaban J connectivity index is 2.50. The van der Waals surface area contributed by atoms with E-state index in [4.69, 9.17) is 10.8 Å². The fraction of sp³-hybridized carbons (Fsp3) is 0. The third-order valence-corrected chi connectivity index (χ3v) is 3.56. The van der Waals surface area contributed by atoms with Crippen molar-refractivity contribution in [2.75, 3.05) is 0 Å². The molecule has 4 nitrogen and oxygen atoms in total. The van der Waals surface area contributed by atoms with Crippen LogP contribution in [0.1, 0.15) is 20.7 Å². The van der Waals surface area contributed by atoms with E-state index >= 15 is 0 Å². The molecule has 0 bridgehead atoms. The van der Waals surface area contributed by atoms with Crippen LogP contribution >= 0.6 is 15.9 Å². The summed E-state index contributed by atoms with van der Waals surface area (Å²) in [6.45, 7) is 0. The standard InChI is InChI=1S/C14H10BrNO3/c15-12-10(2-1-3-11(12)14(18)19)8-4-6-9(7-5-8)13(16)17/h1-7H,(H2,16,17)(H,18,19). The largest absolute Gasteiger partial charge is 0.478 e. The number of amides is 1. The Morgan fingerprint density at radius 2 is 1.68 bits per heavy atom. The lowest BCUT2D eigenvalue weighted by molar-refractivity contribution is 0.0695. The number of carboxylic acid groups (broad SMARTS) is 1. The molecule has 0 saturated heterocycles. The van der Waals surface area contributed by atoms with Crippen LogP contribution in [0, 0.1) is 0 Å². The molecule has 0 heterocycles. The van der Waals surface area contributed by atoms with E-state index in [-0.39, 0.29) is 5.56 Å². The van der Waals surface area contributed by atoms with Crippen molar-refractivity contribution in [1.29, 1.82) is 0 Å². The summed E-state index contributed by atoms with van der Waals surface area (Å²) in [6, 6.07) is 11.7. The second-order valence-electron chi connectivity index (χ2n) is 3.91. The SMILES string of the molecule is NC(=O)c1ccc(-c2cccc(C(=O)O)c2Br)cc1. The van der Waals surface area contributed by atoms with Gasteiger partial charge in [0, 0.05) is 10.0 Å². The molecule has 5 heteroatoms. The number of halogens is 1. The van der Waals surface area contributed by atoms with Crippen LogP contribution < -0.4 is 5.73 Å². The van der Waals surface area contributed by atoms with Crippen LogP contribution in [0.25, 0.3) is 11.1 Å². The third kappa shape index (κ3) is 2.66. The number of carbonyl (C=O) groups excluding carboxylic acids is 1. The highest BCUT2D eigenvalue weighted by molar-refractivity contribution is 9.10. The van der Waals surface area contributed by atoms with Crippen molar-refractivity contribution in [3.63, 3.8) is 0 Å². The number of carboxylic acids is 1. The molecule has 2 rings (SSSR count). The quantitative estimate of drug-likeness (QED) is 0.912. The highest BCUT2D eigenvalue weighted by Gasteiger charge is 2.12. The van der Waals surface area contributed by atoms with E-state index in [0.29, 0.717) is 10.0 Å². The lowest BCUT2D eigenvalue weighted by atomic mass is 10.0. The lowest BCUT2D eigenvalue weighted by Gasteiger charge is -2.08. The van der Waals surface area contributed by atoms with Crippen LogP contribution in [0.3, 0.4) is 0 Å². The summed E-state index contributed by atoms with van der Waals surface area (Å²) in [6.07, 6.45) is 0. The van der Waals surface area contributed by atoms with Crippen LogP contribution in [0.5, 0.6) is 0 Å². The van der Waals surface area contributed by atoms with Crippen molar-refractivity contribution in [3.8, 4) is 11.1 Å². The zero-order valence-electron chi connectivity index (χ0n) is 9.76. The molecule has 0 spiro atoms. The summed E-state index contributed by atoms with van der Waals surface area (Å²) in [5.74, 6) is -1.49. The van der Waals surface area contributed by atoms with Crippen LogP contribution in [0.4, 0.5) is 0 Å². The number of rotatable bonds is 3. The van der Waals surface area contributed by atoms with Gasteiger partial charge in [0.15, 0.2) is 0 Å². The summed E-state index contributed by atoms with van der Waals surface area (Å²) < 4.78 is 0.509. The number of hydrogen-bond acceptors (Lipinski definition) is 2. The van der Waals surface area contributed by atoms with Crippen LogP contribution in [-0.4, -0.2) is 17.0 Å². The molecule has 0 saturated carbocycles. The molecule has 3 N–H and O–H groups in total. The van der Waals surface area contributed by atoms with Gasteiger partial charge in [-0.2, -0.15) is 0 Å². The van der Waals surface area contributed by atoms with E-state index in [0.717, 1.165) is 11.1 Å². The van der Waals surface area contributed by atoms with Crippen LogP contribution in [0.15, 0.2) is 46.9 Å². The van der Waals surface area contributed by atoms with E-state index < -0.39 is 11.9 Å². The summed E-state index contributed by atoms with van der Waals surface area (Å²) in [5.41, 5.74) is 7.32. The number of benzene rings is 2. The minimum absolute atomic E-state index is 0.191. The van der Waals surface area contributed by atoms with Gasteiger partial charge in [0.2, 0.25) is 5.91 Å². The average Bonchev–Trinajstić information content (AvgIpc) is 2.38. The molecule has 96 valence electrons. The predicted molar refractivity (Wildman–Crippen MR) is 75.1 cm³/mol. The van der Waals surface area contributed by atoms with Crippen molar-refractivity contribution >= 4 is 27.8 Å². The number of carbonyl (C=O) groups is 2. The van der Waals surface area contributed by atoms with Gasteiger partial charge in [0.25, 0.3) is 0 Å². The van der Waals surface area contributed by atoms with E-state index in [1.165, 1.54) is 6.07 Å². The van der Waals surface area contributed by atoms with Gasteiger partial charge in [-0.1, -0.05) is 24.3 Å². The van der Waals surface area contributed by atoms with Gasteiger partial charge in [-0.25, -0.2) is 4.79 Å². The third-order valence-electron chi connectivity index (χ3n) is 2.71. The van der Waals surface area contributed by atoms with Gasteiger partial charge >= 0.3 is 5.97 Å².